The first-order chi connectivity index (χ1) is 18.2. The molecular weight excluding hydrogens is 636 g/mol. The van der Waals surface area contributed by atoms with Gasteiger partial charge in [0.1, 0.15) is 0 Å². The van der Waals surface area contributed by atoms with Gasteiger partial charge in [-0.25, -0.2) is 0 Å². The van der Waals surface area contributed by atoms with E-state index in [1.807, 2.05) is 0 Å². The largest absolute Gasteiger partial charge is 0.673 e. The Morgan fingerprint density at radius 1 is 0.575 bits per heavy atom. The van der Waals surface area contributed by atoms with Gasteiger partial charge in [-0.1, -0.05) is 130 Å². The molecule has 8 heteroatoms. The molecule has 0 spiro atoms. The summed E-state index contributed by atoms with van der Waals surface area (Å²) in [6.07, 6.45) is 16.6. The molecule has 0 bridgehead atoms. The Kier molecular flexibility index (Phi) is 13.3. The normalized spacial score (nSPS) is 24.6. The fourth-order valence-corrected chi connectivity index (χ4v) is 13.1. The number of halogens is 4. The van der Waals surface area contributed by atoms with Crippen LogP contribution < -0.4 is 0 Å². The quantitative estimate of drug-likeness (QED) is 0.122. The predicted molar refractivity (Wildman–Crippen MR) is 166 cm³/mol. The number of fused-ring (bicyclic) bond motifs is 2. The van der Waals surface area contributed by atoms with Gasteiger partial charge in [0.15, 0.2) is 0 Å². The van der Waals surface area contributed by atoms with Crippen molar-refractivity contribution in [1.29, 1.82) is 0 Å². The van der Waals surface area contributed by atoms with Crippen molar-refractivity contribution in [3.63, 3.8) is 0 Å². The van der Waals surface area contributed by atoms with Gasteiger partial charge in [-0.3, -0.25) is 0 Å². The first-order valence-corrected chi connectivity index (χ1v) is 17.2. The van der Waals surface area contributed by atoms with Gasteiger partial charge in [0, 0.05) is 30.8 Å². The number of benzene rings is 2. The van der Waals surface area contributed by atoms with E-state index in [1.54, 1.807) is 22.3 Å². The Hall–Kier alpha value is -0.812. The van der Waals surface area contributed by atoms with Crippen LogP contribution in [0.3, 0.4) is 0 Å². The molecule has 0 nitrogen and oxygen atoms in total. The summed E-state index contributed by atoms with van der Waals surface area (Å²) in [5.74, 6) is 0. The van der Waals surface area contributed by atoms with Crippen molar-refractivity contribution in [2.45, 2.75) is 101 Å². The minimum absolute atomic E-state index is 0. The van der Waals surface area contributed by atoms with Crippen molar-refractivity contribution in [3.05, 3.63) is 95.1 Å². The monoisotopic (exact) mass is 680 g/mol. The summed E-state index contributed by atoms with van der Waals surface area (Å²) < 4.78 is 39.0. The van der Waals surface area contributed by atoms with Crippen molar-refractivity contribution in [2.24, 2.45) is 0 Å². The van der Waals surface area contributed by atoms with Crippen LogP contribution in [0.2, 0.25) is 0 Å². The molecule has 223 valence electrons. The SMILES string of the molecule is C1=CCC/C=C\CC1.CC(C)(C)P1Cc2ccccc2[C@@H]1[C@H]1c2ccccc2CP1C(C)(C)C.F[B-](F)(F)F.[Rh]. The van der Waals surface area contributed by atoms with E-state index in [0.29, 0.717) is 10.3 Å². The Bertz CT molecular complexity index is 1030. The second kappa shape index (κ2) is 15.1. The molecule has 2 heterocycles. The van der Waals surface area contributed by atoms with E-state index < -0.39 is 7.25 Å². The molecule has 2 aromatic carbocycles. The van der Waals surface area contributed by atoms with Crippen molar-refractivity contribution < 1.29 is 36.7 Å². The van der Waals surface area contributed by atoms with Gasteiger partial charge >= 0.3 is 7.25 Å². The maximum absolute atomic E-state index is 9.75. The maximum Gasteiger partial charge on any atom is 0.673 e. The summed E-state index contributed by atoms with van der Waals surface area (Å²) in [7, 11) is -6.14. The molecule has 2 aliphatic heterocycles. The minimum atomic E-state index is -6.00. The van der Waals surface area contributed by atoms with Gasteiger partial charge in [0.05, 0.1) is 0 Å². The fourth-order valence-electron chi connectivity index (χ4n) is 5.68. The fraction of sp³-hybridized carbons (Fsp3) is 0.500. The standard InChI is InChI=1S/C24H32P2.C8H12.BF4.Rh/c1-23(2,3)25-15-17-11-7-9-13-19(17)21(25)22-20-14-10-8-12-18(20)16-26(22)24(4,5)6;1-2-4-6-8-7-5-3-1;2-1(3,4)5;/h7-14,21-22H,15-16H2,1-6H3;1-2,7-8H,3-6H2;;/q;;-1;/b;2-1-,8-7?;;/t21-,22-,25?,26?;;;/m1.../s1. The zero-order valence-corrected chi connectivity index (χ0v) is 28.1. The molecule has 2 aromatic rings. The van der Waals surface area contributed by atoms with Gasteiger partial charge in [-0.2, -0.15) is 0 Å². The second-order valence-corrected chi connectivity index (χ2v) is 18.8. The zero-order valence-electron chi connectivity index (χ0n) is 24.6. The molecule has 0 saturated heterocycles. The van der Waals surface area contributed by atoms with Crippen molar-refractivity contribution >= 4 is 23.1 Å². The zero-order chi connectivity index (χ0) is 28.8. The second-order valence-electron chi connectivity index (χ2n) is 12.5. The Morgan fingerprint density at radius 3 is 1.12 bits per heavy atom. The third-order valence-electron chi connectivity index (χ3n) is 7.46. The Labute approximate surface area is 255 Å². The van der Waals surface area contributed by atoms with Crippen molar-refractivity contribution in [2.75, 3.05) is 0 Å². The molecule has 0 saturated carbocycles. The topological polar surface area (TPSA) is 0 Å². The Morgan fingerprint density at radius 2 is 0.850 bits per heavy atom. The third kappa shape index (κ3) is 10.2. The van der Waals surface area contributed by atoms with Crippen LogP contribution in [0.1, 0.15) is 101 Å². The van der Waals surface area contributed by atoms with E-state index in [-0.39, 0.29) is 35.3 Å². The smallest absolute Gasteiger partial charge is 0.418 e. The van der Waals surface area contributed by atoms with Crippen LogP contribution in [0.15, 0.2) is 72.8 Å². The summed E-state index contributed by atoms with van der Waals surface area (Å²) in [5.41, 5.74) is 8.07. The van der Waals surface area contributed by atoms with Gasteiger partial charge in [0.2, 0.25) is 0 Å². The van der Waals surface area contributed by atoms with Crippen LogP contribution in [-0.2, 0) is 31.8 Å². The molecule has 0 amide bonds. The summed E-state index contributed by atoms with van der Waals surface area (Å²) >= 11 is 0. The van der Waals surface area contributed by atoms with E-state index >= 15 is 0 Å². The summed E-state index contributed by atoms with van der Waals surface area (Å²) in [4.78, 5) is 0. The third-order valence-corrected chi connectivity index (χ3v) is 15.0. The van der Waals surface area contributed by atoms with E-state index in [1.165, 1.54) is 38.0 Å². The molecule has 4 atom stereocenters. The first-order valence-electron chi connectivity index (χ1n) is 14.0. The molecule has 5 rings (SSSR count). The number of rotatable bonds is 1. The molecule has 3 aliphatic rings. The van der Waals surface area contributed by atoms with Crippen LogP contribution in [0, 0.1) is 0 Å². The van der Waals surface area contributed by atoms with E-state index in [4.69, 9.17) is 0 Å². The van der Waals surface area contributed by atoms with Crippen molar-refractivity contribution in [3.8, 4) is 0 Å². The van der Waals surface area contributed by atoms with Gasteiger partial charge in [-0.15, -0.1) is 0 Å². The maximum atomic E-state index is 9.75. The summed E-state index contributed by atoms with van der Waals surface area (Å²) in [6.45, 7) is 14.9. The van der Waals surface area contributed by atoms with Crippen LogP contribution in [0.25, 0.3) is 0 Å². The molecule has 0 fully saturated rings. The van der Waals surface area contributed by atoms with Crippen LogP contribution in [0.4, 0.5) is 17.3 Å². The average Bonchev–Trinajstić information content (AvgIpc) is 3.36. The predicted octanol–water partition coefficient (Wildman–Crippen LogP) is 12.0. The first kappa shape index (κ1) is 35.4. The van der Waals surface area contributed by atoms with Gasteiger partial charge in [-0.05, 0) is 70.6 Å². The Balaban J connectivity index is 0.000000333. The van der Waals surface area contributed by atoms with E-state index in [2.05, 4.69) is 114 Å². The van der Waals surface area contributed by atoms with Gasteiger partial charge in [0.25, 0.3) is 0 Å². The average molecular weight is 680 g/mol. The van der Waals surface area contributed by atoms with Crippen LogP contribution in [-0.4, -0.2) is 17.6 Å². The molecule has 1 radical (unpaired) electrons. The number of hydrogen-bond donors (Lipinski definition) is 0. The number of allylic oxidation sites excluding steroid dienone is 4. The summed E-state index contributed by atoms with van der Waals surface area (Å²) in [6, 6.07) is 18.7. The van der Waals surface area contributed by atoms with Crippen molar-refractivity contribution in [1.82, 2.24) is 0 Å². The molecule has 1 aliphatic carbocycles. The number of hydrogen-bond acceptors (Lipinski definition) is 0. The summed E-state index contributed by atoms with van der Waals surface area (Å²) in [5, 5.41) is 0.797. The molecule has 40 heavy (non-hydrogen) atoms. The van der Waals surface area contributed by atoms with E-state index in [0.717, 1.165) is 11.3 Å². The molecule has 2 unspecified atom stereocenters. The molecule has 0 N–H and O–H groups in total. The van der Waals surface area contributed by atoms with Crippen LogP contribution in [0.5, 0.6) is 0 Å². The molecule has 0 aromatic heterocycles. The van der Waals surface area contributed by atoms with E-state index in [9.17, 15) is 17.3 Å². The van der Waals surface area contributed by atoms with Crippen LogP contribution >= 0.6 is 15.8 Å². The van der Waals surface area contributed by atoms with Gasteiger partial charge < -0.3 is 17.3 Å². The molecular formula is C32H44BF4P2Rh-. The minimum Gasteiger partial charge on any atom is -0.418 e.